The Morgan fingerprint density at radius 1 is 1.37 bits per heavy atom. The first kappa shape index (κ1) is 21.0. The molecule has 0 aromatic heterocycles. The molecule has 8 heteroatoms. The lowest BCUT2D eigenvalue weighted by molar-refractivity contribution is -0.133. The lowest BCUT2D eigenvalue weighted by Gasteiger charge is -2.22. The molecule has 1 atom stereocenters. The van der Waals surface area contributed by atoms with Crippen LogP contribution in [0.4, 0.5) is 10.5 Å². The van der Waals surface area contributed by atoms with E-state index < -0.39 is 17.5 Å². The van der Waals surface area contributed by atoms with Gasteiger partial charge in [0, 0.05) is 11.1 Å². The van der Waals surface area contributed by atoms with Crippen LogP contribution in [0.3, 0.4) is 0 Å². The van der Waals surface area contributed by atoms with E-state index in [2.05, 4.69) is 24.5 Å². The summed E-state index contributed by atoms with van der Waals surface area (Å²) in [6.07, 6.45) is 1.32. The number of methoxy groups -OCH3 is 1. The van der Waals surface area contributed by atoms with E-state index in [1.165, 1.54) is 7.11 Å². The number of benzene rings is 1. The lowest BCUT2D eigenvalue weighted by Crippen LogP contribution is -2.44. The molecule has 1 aromatic rings. The number of amides is 4. The number of anilines is 1. The maximum absolute atomic E-state index is 12.7. The summed E-state index contributed by atoms with van der Waals surface area (Å²) in [4.78, 5) is 38.3. The fourth-order valence-electron chi connectivity index (χ4n) is 2.90. The third-order valence-electron chi connectivity index (χ3n) is 4.62. The van der Waals surface area contributed by atoms with Crippen LogP contribution in [0.1, 0.15) is 39.2 Å². The number of rotatable bonds is 7. The lowest BCUT2D eigenvalue weighted by atomic mass is 9.92. The highest BCUT2D eigenvalue weighted by Gasteiger charge is 2.47. The van der Waals surface area contributed by atoms with Crippen LogP contribution in [0.5, 0.6) is 5.75 Å². The number of hydrogen-bond acceptors (Lipinski definition) is 4. The molecule has 1 aliphatic heterocycles. The van der Waals surface area contributed by atoms with Crippen molar-refractivity contribution in [3.05, 3.63) is 22.7 Å². The maximum Gasteiger partial charge on any atom is 0.325 e. The van der Waals surface area contributed by atoms with Crippen molar-refractivity contribution in [1.29, 1.82) is 0 Å². The van der Waals surface area contributed by atoms with Gasteiger partial charge < -0.3 is 15.4 Å². The van der Waals surface area contributed by atoms with E-state index in [9.17, 15) is 14.4 Å². The van der Waals surface area contributed by atoms with Crippen LogP contribution in [0.25, 0.3) is 0 Å². The molecule has 1 heterocycles. The molecule has 1 aromatic carbocycles. The van der Waals surface area contributed by atoms with Gasteiger partial charge in [-0.2, -0.15) is 0 Å². The van der Waals surface area contributed by atoms with Crippen molar-refractivity contribution in [2.24, 2.45) is 5.92 Å². The van der Waals surface area contributed by atoms with Gasteiger partial charge in [0.1, 0.15) is 17.8 Å². The molecule has 148 valence electrons. The highest BCUT2D eigenvalue weighted by molar-refractivity contribution is 6.31. The molecule has 0 unspecified atom stereocenters. The normalized spacial score (nSPS) is 19.4. The molecule has 1 fully saturated rings. The second kappa shape index (κ2) is 8.17. The largest absolute Gasteiger partial charge is 0.495 e. The van der Waals surface area contributed by atoms with Crippen molar-refractivity contribution >= 4 is 35.1 Å². The Labute approximate surface area is 164 Å². The van der Waals surface area contributed by atoms with Crippen LogP contribution < -0.4 is 15.4 Å². The second-order valence-electron chi connectivity index (χ2n) is 7.44. The quantitative estimate of drug-likeness (QED) is 0.693. The number of carbonyl (C=O) groups is 3. The summed E-state index contributed by atoms with van der Waals surface area (Å²) in [6, 6.07) is 2.72. The number of nitrogens with zero attached hydrogens (tertiary/aromatic N) is 1. The average Bonchev–Trinajstić information content (AvgIpc) is 2.80. The van der Waals surface area contributed by atoms with Gasteiger partial charge in [0.2, 0.25) is 5.91 Å². The van der Waals surface area contributed by atoms with E-state index in [-0.39, 0.29) is 12.5 Å². The van der Waals surface area contributed by atoms with E-state index >= 15 is 0 Å². The van der Waals surface area contributed by atoms with Crippen LogP contribution in [0.2, 0.25) is 5.02 Å². The first-order chi connectivity index (χ1) is 12.6. The molecule has 4 amide bonds. The van der Waals surface area contributed by atoms with Crippen molar-refractivity contribution in [3.8, 4) is 5.75 Å². The van der Waals surface area contributed by atoms with Gasteiger partial charge in [0.15, 0.2) is 0 Å². The Kier molecular flexibility index (Phi) is 6.36. The first-order valence-corrected chi connectivity index (χ1v) is 9.23. The minimum atomic E-state index is -0.976. The summed E-state index contributed by atoms with van der Waals surface area (Å²) in [6.45, 7) is 7.23. The van der Waals surface area contributed by atoms with Crippen LogP contribution in [0, 0.1) is 12.8 Å². The number of aryl methyl sites for hydroxylation is 1. The van der Waals surface area contributed by atoms with Gasteiger partial charge in [-0.3, -0.25) is 14.5 Å². The van der Waals surface area contributed by atoms with Crippen LogP contribution >= 0.6 is 11.6 Å². The van der Waals surface area contributed by atoms with Crippen molar-refractivity contribution in [2.45, 2.75) is 46.1 Å². The Hall–Kier alpha value is -2.28. The number of hydrogen-bond donors (Lipinski definition) is 2. The number of imide groups is 1. The predicted octanol–water partition coefficient (Wildman–Crippen LogP) is 3.34. The Balaban J connectivity index is 2.09. The first-order valence-electron chi connectivity index (χ1n) is 8.85. The van der Waals surface area contributed by atoms with Gasteiger partial charge in [0.25, 0.3) is 5.91 Å². The smallest absolute Gasteiger partial charge is 0.325 e. The van der Waals surface area contributed by atoms with Gasteiger partial charge >= 0.3 is 6.03 Å². The van der Waals surface area contributed by atoms with Crippen molar-refractivity contribution in [2.75, 3.05) is 19.0 Å². The maximum atomic E-state index is 12.7. The van der Waals surface area contributed by atoms with Crippen molar-refractivity contribution < 1.29 is 19.1 Å². The van der Waals surface area contributed by atoms with Crippen LogP contribution in [0.15, 0.2) is 12.1 Å². The SMILES string of the molecule is COc1cc(Cl)c(C)cc1NC(=O)CN1C(=O)N[C@](C)(CCC(C)C)C1=O. The monoisotopic (exact) mass is 395 g/mol. The molecular formula is C19H26ClN3O4. The van der Waals surface area contributed by atoms with Gasteiger partial charge in [0.05, 0.1) is 12.8 Å². The average molecular weight is 396 g/mol. The zero-order chi connectivity index (χ0) is 20.4. The minimum absolute atomic E-state index is 0.368. The molecular weight excluding hydrogens is 370 g/mol. The van der Waals surface area contributed by atoms with E-state index in [1.54, 1.807) is 26.0 Å². The van der Waals surface area contributed by atoms with E-state index in [0.717, 1.165) is 16.9 Å². The summed E-state index contributed by atoms with van der Waals surface area (Å²) in [5.41, 5.74) is 0.221. The number of nitrogens with one attached hydrogen (secondary N) is 2. The molecule has 0 radical (unpaired) electrons. The number of halogens is 1. The molecule has 1 saturated heterocycles. The summed E-state index contributed by atoms with van der Waals surface area (Å²) in [5.74, 6) is -0.0726. The Morgan fingerprint density at radius 2 is 2.04 bits per heavy atom. The summed E-state index contributed by atoms with van der Waals surface area (Å²) in [7, 11) is 1.47. The van der Waals surface area contributed by atoms with Gasteiger partial charge in [-0.05, 0) is 44.2 Å². The summed E-state index contributed by atoms with van der Waals surface area (Å²) in [5, 5.41) is 5.90. The summed E-state index contributed by atoms with van der Waals surface area (Å²) < 4.78 is 5.22. The molecule has 0 saturated carbocycles. The van der Waals surface area contributed by atoms with Gasteiger partial charge in [-0.1, -0.05) is 25.4 Å². The molecule has 2 rings (SSSR count). The fourth-order valence-corrected chi connectivity index (χ4v) is 3.05. The van der Waals surface area contributed by atoms with Crippen molar-refractivity contribution in [3.63, 3.8) is 0 Å². The minimum Gasteiger partial charge on any atom is -0.495 e. The third kappa shape index (κ3) is 4.71. The van der Waals surface area contributed by atoms with Gasteiger partial charge in [-0.15, -0.1) is 0 Å². The Morgan fingerprint density at radius 3 is 2.63 bits per heavy atom. The standard InChI is InChI=1S/C19H26ClN3O4/c1-11(2)6-7-19(4)17(25)23(18(26)22-19)10-16(24)21-14-8-12(3)13(20)9-15(14)27-5/h8-9,11H,6-7,10H2,1-5H3,(H,21,24)(H,22,26)/t19-/m1/s1. The highest BCUT2D eigenvalue weighted by atomic mass is 35.5. The predicted molar refractivity (Wildman–Crippen MR) is 104 cm³/mol. The molecule has 0 aliphatic carbocycles. The Bertz CT molecular complexity index is 766. The second-order valence-corrected chi connectivity index (χ2v) is 7.84. The molecule has 0 bridgehead atoms. The topological polar surface area (TPSA) is 87.7 Å². The molecule has 1 aliphatic rings. The molecule has 7 nitrogen and oxygen atoms in total. The highest BCUT2D eigenvalue weighted by Crippen LogP contribution is 2.31. The van der Waals surface area contributed by atoms with Crippen LogP contribution in [-0.4, -0.2) is 41.9 Å². The zero-order valence-corrected chi connectivity index (χ0v) is 17.1. The van der Waals surface area contributed by atoms with E-state index in [0.29, 0.717) is 28.8 Å². The zero-order valence-electron chi connectivity index (χ0n) is 16.3. The third-order valence-corrected chi connectivity index (χ3v) is 5.03. The van der Waals surface area contributed by atoms with Crippen molar-refractivity contribution in [1.82, 2.24) is 10.2 Å². The van der Waals surface area contributed by atoms with Gasteiger partial charge in [-0.25, -0.2) is 4.79 Å². The van der Waals surface area contributed by atoms with E-state index in [1.807, 2.05) is 0 Å². The molecule has 2 N–H and O–H groups in total. The number of urea groups is 1. The number of carbonyl (C=O) groups excluding carboxylic acids is 3. The van der Waals surface area contributed by atoms with Crippen LogP contribution in [-0.2, 0) is 9.59 Å². The fraction of sp³-hybridized carbons (Fsp3) is 0.526. The van der Waals surface area contributed by atoms with E-state index in [4.69, 9.17) is 16.3 Å². The summed E-state index contributed by atoms with van der Waals surface area (Å²) >= 11 is 6.06. The molecule has 0 spiro atoms. The molecule has 27 heavy (non-hydrogen) atoms. The number of ether oxygens (including phenoxy) is 1.